The zero-order valence-corrected chi connectivity index (χ0v) is 12.8. The lowest BCUT2D eigenvalue weighted by Crippen LogP contribution is -2.50. The lowest BCUT2D eigenvalue weighted by Gasteiger charge is -2.37. The predicted octanol–water partition coefficient (Wildman–Crippen LogP) is 2.37. The van der Waals surface area contributed by atoms with E-state index in [0.29, 0.717) is 23.7 Å². The Bertz CT molecular complexity index is 433. The maximum atomic E-state index is 13.7. The SMILES string of the molecule is CC(C)(O)CN1CCN(Cc2c(F)cccc2Cl)CC1. The Kier molecular flexibility index (Phi) is 5.02. The van der Waals surface area contributed by atoms with E-state index in [4.69, 9.17) is 11.6 Å². The monoisotopic (exact) mass is 300 g/mol. The van der Waals surface area contributed by atoms with Crippen molar-refractivity contribution in [2.75, 3.05) is 32.7 Å². The molecule has 0 unspecified atom stereocenters. The highest BCUT2D eigenvalue weighted by Gasteiger charge is 2.23. The first-order valence-corrected chi connectivity index (χ1v) is 7.33. The summed E-state index contributed by atoms with van der Waals surface area (Å²) in [6.45, 7) is 8.34. The highest BCUT2D eigenvalue weighted by Crippen LogP contribution is 2.21. The number of nitrogens with zero attached hydrogens (tertiary/aromatic N) is 2. The van der Waals surface area contributed by atoms with Crippen molar-refractivity contribution in [2.45, 2.75) is 26.0 Å². The standard InChI is InChI=1S/C15H22ClFN2O/c1-15(2,20)11-19-8-6-18(7-9-19)10-12-13(16)4-3-5-14(12)17/h3-5,20H,6-11H2,1-2H3. The predicted molar refractivity (Wildman–Crippen MR) is 79.4 cm³/mol. The van der Waals surface area contributed by atoms with Crippen LogP contribution in [0.25, 0.3) is 0 Å². The van der Waals surface area contributed by atoms with E-state index in [0.717, 1.165) is 26.2 Å². The quantitative estimate of drug-likeness (QED) is 0.925. The molecule has 112 valence electrons. The second-order valence-electron chi connectivity index (χ2n) is 6.06. The van der Waals surface area contributed by atoms with E-state index in [9.17, 15) is 9.50 Å². The molecule has 1 fully saturated rings. The van der Waals surface area contributed by atoms with E-state index in [1.54, 1.807) is 12.1 Å². The number of β-amino-alcohol motifs (C(OH)–C–C–N with tert-alkyl or cyclic N) is 1. The molecule has 5 heteroatoms. The maximum Gasteiger partial charge on any atom is 0.129 e. The molecule has 3 nitrogen and oxygen atoms in total. The fourth-order valence-corrected chi connectivity index (χ4v) is 2.78. The summed E-state index contributed by atoms with van der Waals surface area (Å²) < 4.78 is 13.7. The molecular formula is C15H22ClFN2O. The van der Waals surface area contributed by atoms with Gasteiger partial charge in [-0.05, 0) is 26.0 Å². The largest absolute Gasteiger partial charge is 0.389 e. The van der Waals surface area contributed by atoms with E-state index >= 15 is 0 Å². The van der Waals surface area contributed by atoms with Crippen molar-refractivity contribution in [3.05, 3.63) is 34.6 Å². The van der Waals surface area contributed by atoms with Crippen molar-refractivity contribution >= 4 is 11.6 Å². The molecule has 1 aromatic rings. The molecule has 2 rings (SSSR count). The van der Waals surface area contributed by atoms with Crippen molar-refractivity contribution in [1.82, 2.24) is 9.80 Å². The lowest BCUT2D eigenvalue weighted by molar-refractivity contribution is 0.0165. The third-order valence-corrected chi connectivity index (χ3v) is 3.87. The van der Waals surface area contributed by atoms with Crippen LogP contribution in [0.4, 0.5) is 4.39 Å². The third-order valence-electron chi connectivity index (χ3n) is 3.52. The molecule has 0 bridgehead atoms. The van der Waals surface area contributed by atoms with E-state index in [1.165, 1.54) is 6.07 Å². The molecule has 0 amide bonds. The Morgan fingerprint density at radius 3 is 2.35 bits per heavy atom. The van der Waals surface area contributed by atoms with Crippen molar-refractivity contribution in [3.63, 3.8) is 0 Å². The second kappa shape index (κ2) is 6.39. The summed E-state index contributed by atoms with van der Waals surface area (Å²) >= 11 is 6.05. The van der Waals surface area contributed by atoms with Crippen LogP contribution >= 0.6 is 11.6 Å². The van der Waals surface area contributed by atoms with Gasteiger partial charge in [0.15, 0.2) is 0 Å². The smallest absolute Gasteiger partial charge is 0.129 e. The minimum atomic E-state index is -0.670. The summed E-state index contributed by atoms with van der Waals surface area (Å²) in [5.74, 6) is -0.239. The summed E-state index contributed by atoms with van der Waals surface area (Å²) in [6, 6.07) is 4.80. The molecule has 0 spiro atoms. The van der Waals surface area contributed by atoms with Crippen molar-refractivity contribution < 1.29 is 9.50 Å². The van der Waals surface area contributed by atoms with Gasteiger partial charge in [0.2, 0.25) is 0 Å². The average Bonchev–Trinajstić information content (AvgIpc) is 2.34. The molecule has 1 aromatic carbocycles. The Morgan fingerprint density at radius 2 is 1.80 bits per heavy atom. The van der Waals surface area contributed by atoms with Crippen LogP contribution in [0.2, 0.25) is 5.02 Å². The number of rotatable bonds is 4. The number of hydrogen-bond donors (Lipinski definition) is 1. The first-order valence-electron chi connectivity index (χ1n) is 6.95. The number of benzene rings is 1. The van der Waals surface area contributed by atoms with E-state index in [2.05, 4.69) is 9.80 Å². The van der Waals surface area contributed by atoms with Crippen LogP contribution in [-0.2, 0) is 6.54 Å². The fraction of sp³-hybridized carbons (Fsp3) is 0.600. The Morgan fingerprint density at radius 1 is 1.20 bits per heavy atom. The van der Waals surface area contributed by atoms with Gasteiger partial charge in [0, 0.05) is 49.9 Å². The highest BCUT2D eigenvalue weighted by molar-refractivity contribution is 6.31. The maximum absolute atomic E-state index is 13.7. The van der Waals surface area contributed by atoms with Crippen LogP contribution in [-0.4, -0.2) is 53.2 Å². The van der Waals surface area contributed by atoms with Gasteiger partial charge in [-0.25, -0.2) is 4.39 Å². The molecule has 0 radical (unpaired) electrons. The number of piperazine rings is 1. The molecule has 1 heterocycles. The first-order chi connectivity index (χ1) is 9.35. The number of hydrogen-bond acceptors (Lipinski definition) is 3. The van der Waals surface area contributed by atoms with E-state index in [1.807, 2.05) is 13.8 Å². The number of halogens is 2. The third kappa shape index (κ3) is 4.42. The average molecular weight is 301 g/mol. The molecule has 20 heavy (non-hydrogen) atoms. The Hall–Kier alpha value is -0.680. The van der Waals surface area contributed by atoms with Gasteiger partial charge in [-0.1, -0.05) is 17.7 Å². The normalized spacial score (nSPS) is 18.4. The van der Waals surface area contributed by atoms with Crippen LogP contribution in [0.5, 0.6) is 0 Å². The minimum Gasteiger partial charge on any atom is -0.389 e. The Balaban J connectivity index is 1.89. The van der Waals surface area contributed by atoms with Gasteiger partial charge in [-0.15, -0.1) is 0 Å². The molecule has 0 atom stereocenters. The minimum absolute atomic E-state index is 0.239. The lowest BCUT2D eigenvalue weighted by atomic mass is 10.1. The molecule has 0 aromatic heterocycles. The molecule has 0 saturated carbocycles. The molecule has 0 aliphatic carbocycles. The van der Waals surface area contributed by atoms with Crippen LogP contribution in [0, 0.1) is 5.82 Å². The molecule has 1 saturated heterocycles. The Labute approximate surface area is 124 Å². The zero-order chi connectivity index (χ0) is 14.8. The summed E-state index contributed by atoms with van der Waals surface area (Å²) in [5.41, 5.74) is -0.0955. The molecule has 1 aliphatic heterocycles. The zero-order valence-electron chi connectivity index (χ0n) is 12.1. The van der Waals surface area contributed by atoms with Crippen molar-refractivity contribution in [2.24, 2.45) is 0 Å². The topological polar surface area (TPSA) is 26.7 Å². The van der Waals surface area contributed by atoms with E-state index < -0.39 is 5.60 Å². The van der Waals surface area contributed by atoms with Crippen molar-refractivity contribution in [1.29, 1.82) is 0 Å². The summed E-state index contributed by atoms with van der Waals surface area (Å²) in [5, 5.41) is 10.3. The number of aliphatic hydroxyl groups is 1. The van der Waals surface area contributed by atoms with E-state index in [-0.39, 0.29) is 5.82 Å². The van der Waals surface area contributed by atoms with Crippen molar-refractivity contribution in [3.8, 4) is 0 Å². The van der Waals surface area contributed by atoms with Gasteiger partial charge >= 0.3 is 0 Å². The van der Waals surface area contributed by atoms with Gasteiger partial charge in [0.1, 0.15) is 5.82 Å². The summed E-state index contributed by atoms with van der Waals surface area (Å²) in [6.07, 6.45) is 0. The fourth-order valence-electron chi connectivity index (χ4n) is 2.56. The first kappa shape index (κ1) is 15.7. The summed E-state index contributed by atoms with van der Waals surface area (Å²) in [7, 11) is 0. The molecular weight excluding hydrogens is 279 g/mol. The van der Waals surface area contributed by atoms with Crippen LogP contribution in [0.1, 0.15) is 19.4 Å². The van der Waals surface area contributed by atoms with Gasteiger partial charge in [0.05, 0.1) is 5.60 Å². The van der Waals surface area contributed by atoms with Gasteiger partial charge in [0.25, 0.3) is 0 Å². The second-order valence-corrected chi connectivity index (χ2v) is 6.47. The van der Waals surface area contributed by atoms with Crippen LogP contribution in [0.3, 0.4) is 0 Å². The molecule has 1 aliphatic rings. The highest BCUT2D eigenvalue weighted by atomic mass is 35.5. The van der Waals surface area contributed by atoms with Crippen LogP contribution < -0.4 is 0 Å². The van der Waals surface area contributed by atoms with Gasteiger partial charge in [-0.2, -0.15) is 0 Å². The molecule has 1 N–H and O–H groups in total. The van der Waals surface area contributed by atoms with Gasteiger partial charge < -0.3 is 5.11 Å². The summed E-state index contributed by atoms with van der Waals surface area (Å²) in [4.78, 5) is 4.44. The van der Waals surface area contributed by atoms with Crippen LogP contribution in [0.15, 0.2) is 18.2 Å². The van der Waals surface area contributed by atoms with Gasteiger partial charge in [-0.3, -0.25) is 9.80 Å².